The van der Waals surface area contributed by atoms with Crippen LogP contribution in [-0.4, -0.2) is 11.0 Å². The number of nitrogens with one attached hydrogen (secondary N) is 2. The van der Waals surface area contributed by atoms with E-state index in [1.54, 1.807) is 0 Å². The lowest BCUT2D eigenvalue weighted by molar-refractivity contribution is -0.123. The number of hydrogen-bond acceptors (Lipinski definition) is 2. The second kappa shape index (κ2) is 6.47. The molecule has 96 valence electrons. The molecule has 3 nitrogen and oxygen atoms in total. The van der Waals surface area contributed by atoms with Crippen LogP contribution >= 0.6 is 34.8 Å². The van der Waals surface area contributed by atoms with Crippen molar-refractivity contribution in [3.05, 3.63) is 27.8 Å². The van der Waals surface area contributed by atoms with Gasteiger partial charge in [0.1, 0.15) is 0 Å². The van der Waals surface area contributed by atoms with Gasteiger partial charge in [0.05, 0.1) is 0 Å². The van der Waals surface area contributed by atoms with Gasteiger partial charge in [-0.15, -0.1) is 0 Å². The predicted molar refractivity (Wildman–Crippen MR) is 85.5 cm³/mol. The third kappa shape index (κ3) is 3.91. The zero-order chi connectivity index (χ0) is 13.0. The summed E-state index contributed by atoms with van der Waals surface area (Å²) in [6.07, 6.45) is 4.26. The minimum Gasteiger partial charge on any atom is -0.332 e. The first-order chi connectivity index (χ1) is 8.65. The SMILES string of the molecule is O=C(NC(=S)Nc1ccc(I)cc1)C1CCCC1. The summed E-state index contributed by atoms with van der Waals surface area (Å²) in [5.41, 5.74) is 0.895. The molecule has 2 N–H and O–H groups in total. The van der Waals surface area contributed by atoms with Crippen LogP contribution in [0, 0.1) is 9.49 Å². The first-order valence-electron chi connectivity index (χ1n) is 6.02. The minimum absolute atomic E-state index is 0.0514. The van der Waals surface area contributed by atoms with Crippen LogP contribution in [-0.2, 0) is 4.79 Å². The molecule has 1 fully saturated rings. The quantitative estimate of drug-likeness (QED) is 0.617. The highest BCUT2D eigenvalue weighted by Gasteiger charge is 2.23. The molecular formula is C13H15IN2OS. The maximum absolute atomic E-state index is 11.9. The highest BCUT2D eigenvalue weighted by atomic mass is 127. The second-order valence-electron chi connectivity index (χ2n) is 4.43. The van der Waals surface area contributed by atoms with Gasteiger partial charge in [0.15, 0.2) is 5.11 Å². The van der Waals surface area contributed by atoms with E-state index in [-0.39, 0.29) is 11.8 Å². The third-order valence-corrected chi connectivity index (χ3v) is 3.99. The van der Waals surface area contributed by atoms with Gasteiger partial charge in [-0.3, -0.25) is 4.79 Å². The molecule has 1 amide bonds. The Hall–Kier alpha value is -0.690. The average Bonchev–Trinajstić information content (AvgIpc) is 2.85. The zero-order valence-electron chi connectivity index (χ0n) is 9.91. The van der Waals surface area contributed by atoms with Crippen LogP contribution in [0.25, 0.3) is 0 Å². The van der Waals surface area contributed by atoms with Crippen LogP contribution in [0.15, 0.2) is 24.3 Å². The summed E-state index contributed by atoms with van der Waals surface area (Å²) < 4.78 is 1.17. The summed E-state index contributed by atoms with van der Waals surface area (Å²) in [7, 11) is 0. The molecule has 0 spiro atoms. The number of benzene rings is 1. The molecule has 1 aromatic rings. The molecule has 1 aliphatic carbocycles. The molecule has 0 heterocycles. The molecule has 0 aliphatic heterocycles. The maximum Gasteiger partial charge on any atom is 0.229 e. The molecule has 0 unspecified atom stereocenters. The summed E-state index contributed by atoms with van der Waals surface area (Å²) in [4.78, 5) is 11.9. The standard InChI is InChI=1S/C13H15IN2OS/c14-10-5-7-11(8-6-10)15-13(18)16-12(17)9-3-1-2-4-9/h5-9H,1-4H2,(H2,15,16,17,18). The van der Waals surface area contributed by atoms with Crippen LogP contribution in [0.5, 0.6) is 0 Å². The van der Waals surface area contributed by atoms with E-state index in [9.17, 15) is 4.79 Å². The predicted octanol–water partition coefficient (Wildman–Crippen LogP) is 3.29. The smallest absolute Gasteiger partial charge is 0.229 e. The maximum atomic E-state index is 11.9. The van der Waals surface area contributed by atoms with Crippen molar-refractivity contribution < 1.29 is 4.79 Å². The number of anilines is 1. The lowest BCUT2D eigenvalue weighted by Crippen LogP contribution is -2.37. The van der Waals surface area contributed by atoms with Crippen molar-refractivity contribution in [2.75, 3.05) is 5.32 Å². The Morgan fingerprint density at radius 1 is 1.22 bits per heavy atom. The van der Waals surface area contributed by atoms with Crippen molar-refractivity contribution in [2.24, 2.45) is 5.92 Å². The van der Waals surface area contributed by atoms with Gasteiger partial charge in [0.25, 0.3) is 0 Å². The van der Waals surface area contributed by atoms with Gasteiger partial charge in [0.2, 0.25) is 5.91 Å². The largest absolute Gasteiger partial charge is 0.332 e. The first kappa shape index (κ1) is 13.7. The highest BCUT2D eigenvalue weighted by Crippen LogP contribution is 2.24. The van der Waals surface area contributed by atoms with Gasteiger partial charge in [0, 0.05) is 15.2 Å². The Bertz CT molecular complexity index is 441. The van der Waals surface area contributed by atoms with Crippen LogP contribution < -0.4 is 10.6 Å². The van der Waals surface area contributed by atoms with Crippen LogP contribution in [0.1, 0.15) is 25.7 Å². The summed E-state index contributed by atoms with van der Waals surface area (Å²) in [6, 6.07) is 7.86. The molecule has 1 saturated carbocycles. The van der Waals surface area contributed by atoms with E-state index in [2.05, 4.69) is 33.2 Å². The van der Waals surface area contributed by atoms with E-state index in [0.717, 1.165) is 31.4 Å². The summed E-state index contributed by atoms with van der Waals surface area (Å²) in [6.45, 7) is 0. The van der Waals surface area contributed by atoms with Gasteiger partial charge in [-0.2, -0.15) is 0 Å². The fraction of sp³-hybridized carbons (Fsp3) is 0.385. The molecule has 0 aromatic heterocycles. The Morgan fingerprint density at radius 2 is 1.83 bits per heavy atom. The Labute approximate surface area is 126 Å². The number of rotatable bonds is 2. The summed E-state index contributed by atoms with van der Waals surface area (Å²) in [5.74, 6) is 0.192. The van der Waals surface area contributed by atoms with Gasteiger partial charge in [-0.1, -0.05) is 12.8 Å². The number of amides is 1. The summed E-state index contributed by atoms with van der Waals surface area (Å²) >= 11 is 7.38. The average molecular weight is 374 g/mol. The van der Waals surface area contributed by atoms with Crippen molar-refractivity contribution in [1.82, 2.24) is 5.32 Å². The Kier molecular flexibility index (Phi) is 4.94. The molecule has 0 radical (unpaired) electrons. The van der Waals surface area contributed by atoms with Crippen LogP contribution in [0.3, 0.4) is 0 Å². The highest BCUT2D eigenvalue weighted by molar-refractivity contribution is 14.1. The van der Waals surface area contributed by atoms with Crippen molar-refractivity contribution in [3.8, 4) is 0 Å². The van der Waals surface area contributed by atoms with E-state index in [0.29, 0.717) is 5.11 Å². The van der Waals surface area contributed by atoms with Gasteiger partial charge < -0.3 is 10.6 Å². The van der Waals surface area contributed by atoms with Crippen molar-refractivity contribution >= 4 is 51.5 Å². The molecule has 5 heteroatoms. The molecule has 1 aromatic carbocycles. The zero-order valence-corrected chi connectivity index (χ0v) is 12.9. The van der Waals surface area contributed by atoms with Gasteiger partial charge >= 0.3 is 0 Å². The lowest BCUT2D eigenvalue weighted by Gasteiger charge is -2.12. The first-order valence-corrected chi connectivity index (χ1v) is 7.51. The molecule has 0 atom stereocenters. The van der Waals surface area contributed by atoms with Gasteiger partial charge in [-0.25, -0.2) is 0 Å². The Balaban J connectivity index is 1.84. The third-order valence-electron chi connectivity index (χ3n) is 3.06. The molecule has 2 rings (SSSR count). The number of carbonyl (C=O) groups is 1. The minimum atomic E-state index is 0.0514. The van der Waals surface area contributed by atoms with Crippen molar-refractivity contribution in [2.45, 2.75) is 25.7 Å². The molecule has 18 heavy (non-hydrogen) atoms. The topological polar surface area (TPSA) is 41.1 Å². The molecule has 0 saturated heterocycles. The molecular weight excluding hydrogens is 359 g/mol. The Morgan fingerprint density at radius 3 is 2.44 bits per heavy atom. The van der Waals surface area contributed by atoms with E-state index in [1.165, 1.54) is 3.57 Å². The normalized spacial score (nSPS) is 15.4. The monoisotopic (exact) mass is 374 g/mol. The van der Waals surface area contributed by atoms with E-state index < -0.39 is 0 Å². The number of thiocarbonyl (C=S) groups is 1. The van der Waals surface area contributed by atoms with E-state index >= 15 is 0 Å². The fourth-order valence-corrected chi connectivity index (χ4v) is 2.68. The fourth-order valence-electron chi connectivity index (χ4n) is 2.10. The van der Waals surface area contributed by atoms with Crippen molar-refractivity contribution in [3.63, 3.8) is 0 Å². The van der Waals surface area contributed by atoms with Crippen molar-refractivity contribution in [1.29, 1.82) is 0 Å². The number of halogens is 1. The molecule has 0 bridgehead atoms. The number of carbonyl (C=O) groups excluding carboxylic acids is 1. The summed E-state index contributed by atoms with van der Waals surface area (Å²) in [5, 5.41) is 6.17. The molecule has 1 aliphatic rings. The second-order valence-corrected chi connectivity index (χ2v) is 6.09. The lowest BCUT2D eigenvalue weighted by atomic mass is 10.1. The van der Waals surface area contributed by atoms with E-state index in [4.69, 9.17) is 12.2 Å². The van der Waals surface area contributed by atoms with Crippen LogP contribution in [0.2, 0.25) is 0 Å². The van der Waals surface area contributed by atoms with E-state index in [1.807, 2.05) is 24.3 Å². The number of hydrogen-bond donors (Lipinski definition) is 2. The van der Waals surface area contributed by atoms with Gasteiger partial charge in [-0.05, 0) is 71.9 Å². The van der Waals surface area contributed by atoms with Crippen LogP contribution in [0.4, 0.5) is 5.69 Å².